The molecule has 1 aromatic heterocycles. The number of nitrogens with zero attached hydrogens (tertiary/aromatic N) is 3. The van der Waals surface area contributed by atoms with Gasteiger partial charge in [0.1, 0.15) is 11.2 Å². The highest BCUT2D eigenvalue weighted by Gasteiger charge is 2.80. The second kappa shape index (κ2) is 14.7. The van der Waals surface area contributed by atoms with Gasteiger partial charge in [-0.05, 0) is 74.2 Å². The highest BCUT2D eigenvalue weighted by Crippen LogP contribution is 2.68. The number of aromatic nitrogens is 1. The summed E-state index contributed by atoms with van der Waals surface area (Å²) < 4.78 is 24.0. The zero-order valence-electron chi connectivity index (χ0n) is 36.8. The van der Waals surface area contributed by atoms with Crippen molar-refractivity contribution in [1.82, 2.24) is 20.1 Å². The molecule has 15 heteroatoms. The lowest BCUT2D eigenvalue weighted by molar-refractivity contribution is -0.228. The minimum Gasteiger partial charge on any atom is -0.496 e. The van der Waals surface area contributed by atoms with Crippen LogP contribution in [0.3, 0.4) is 0 Å². The van der Waals surface area contributed by atoms with Crippen LogP contribution in [0.1, 0.15) is 75.3 Å². The molecule has 2 saturated heterocycles. The number of carbonyl (C=O) groups is 4. The van der Waals surface area contributed by atoms with Gasteiger partial charge in [-0.3, -0.25) is 14.5 Å². The molecular formula is C47H60N6O9. The summed E-state index contributed by atoms with van der Waals surface area (Å²) in [6, 6.07) is 10.3. The largest absolute Gasteiger partial charge is 0.496 e. The van der Waals surface area contributed by atoms with E-state index in [0.29, 0.717) is 82.6 Å². The SMILES string of the molecule is CC[C@]1(NC(N)=O)C[C@H]2CN(CCc3c([nH]c4ccccc34)[C@@](C(=O)OC)(c3cc4c(cc3OC)N(C)[C@H]3[C@@](O)(C(=O)OC)[C@H](OC(C)=O)[C@]5(CC)C=CCN6CC[C@]43[C@@H]65)C2)C1. The third-order valence-corrected chi connectivity index (χ3v) is 16.0. The predicted molar refractivity (Wildman–Crippen MR) is 231 cm³/mol. The van der Waals surface area contributed by atoms with Crippen LogP contribution in [0.15, 0.2) is 48.6 Å². The molecule has 1 saturated carbocycles. The number of amides is 2. The van der Waals surface area contributed by atoms with E-state index in [1.54, 1.807) is 7.11 Å². The first-order valence-electron chi connectivity index (χ1n) is 22.0. The Labute approximate surface area is 362 Å². The quantitative estimate of drug-likeness (QED) is 0.147. The lowest BCUT2D eigenvalue weighted by Gasteiger charge is -2.63. The molecule has 6 aliphatic rings. The van der Waals surface area contributed by atoms with Crippen LogP contribution in [0.4, 0.5) is 10.5 Å². The van der Waals surface area contributed by atoms with E-state index in [4.69, 9.17) is 24.7 Å². The van der Waals surface area contributed by atoms with Crippen LogP contribution in [-0.2, 0) is 45.8 Å². The number of methoxy groups -OCH3 is 3. The molecule has 3 aromatic rings. The highest BCUT2D eigenvalue weighted by atomic mass is 16.6. The molecule has 1 unspecified atom stereocenters. The smallest absolute Gasteiger partial charge is 0.344 e. The second-order valence-corrected chi connectivity index (χ2v) is 18.7. The van der Waals surface area contributed by atoms with Gasteiger partial charge < -0.3 is 49.9 Å². The zero-order chi connectivity index (χ0) is 44.1. The number of anilines is 1. The summed E-state index contributed by atoms with van der Waals surface area (Å²) in [6.45, 7) is 8.62. The number of H-pyrrole nitrogens is 1. The number of urea groups is 1. The second-order valence-electron chi connectivity index (χ2n) is 18.7. The van der Waals surface area contributed by atoms with E-state index >= 15 is 4.79 Å². The minimum absolute atomic E-state index is 0.125. The van der Waals surface area contributed by atoms with Gasteiger partial charge in [-0.2, -0.15) is 0 Å². The Morgan fingerprint density at radius 3 is 2.42 bits per heavy atom. The first-order chi connectivity index (χ1) is 29.6. The number of piperidine rings is 1. The van der Waals surface area contributed by atoms with Crippen molar-refractivity contribution >= 4 is 40.5 Å². The van der Waals surface area contributed by atoms with Crippen LogP contribution < -0.4 is 20.7 Å². The zero-order valence-corrected chi connectivity index (χ0v) is 36.8. The van der Waals surface area contributed by atoms with E-state index in [2.05, 4.69) is 39.2 Å². The van der Waals surface area contributed by atoms with Crippen LogP contribution in [0.25, 0.3) is 10.9 Å². The van der Waals surface area contributed by atoms with Gasteiger partial charge in [0, 0.05) is 90.9 Å². The maximum atomic E-state index is 15.5. The maximum absolute atomic E-state index is 15.5. The molecule has 9 rings (SSSR count). The molecule has 3 fully saturated rings. The van der Waals surface area contributed by atoms with Crippen molar-refractivity contribution in [2.45, 2.75) is 99.5 Å². The Kier molecular flexibility index (Phi) is 10.0. The lowest BCUT2D eigenvalue weighted by Crippen LogP contribution is -2.81. The van der Waals surface area contributed by atoms with Gasteiger partial charge in [-0.1, -0.05) is 44.2 Å². The summed E-state index contributed by atoms with van der Waals surface area (Å²) in [5.41, 5.74) is 4.28. The Bertz CT molecular complexity index is 2380. The highest BCUT2D eigenvalue weighted by molar-refractivity contribution is 5.95. The Morgan fingerprint density at radius 1 is 0.984 bits per heavy atom. The Morgan fingerprint density at radius 2 is 1.74 bits per heavy atom. The number of para-hydroxylation sites is 1. The average Bonchev–Trinajstić information content (AvgIpc) is 3.92. The lowest BCUT2D eigenvalue weighted by atomic mass is 9.47. The average molecular weight is 853 g/mol. The molecule has 2 bridgehead atoms. The van der Waals surface area contributed by atoms with Crippen LogP contribution in [0.2, 0.25) is 0 Å². The predicted octanol–water partition coefficient (Wildman–Crippen LogP) is 3.67. The fourth-order valence-corrected chi connectivity index (χ4v) is 14.0. The van der Waals surface area contributed by atoms with Crippen molar-refractivity contribution in [1.29, 1.82) is 0 Å². The van der Waals surface area contributed by atoms with Gasteiger partial charge in [0.2, 0.25) is 5.60 Å². The number of carbonyl (C=O) groups excluding carboxylic acids is 4. The number of aromatic amines is 1. The van der Waals surface area contributed by atoms with Crippen LogP contribution in [0.5, 0.6) is 5.75 Å². The van der Waals surface area contributed by atoms with Gasteiger partial charge in [-0.25, -0.2) is 9.59 Å². The summed E-state index contributed by atoms with van der Waals surface area (Å²) in [5, 5.41) is 17.5. The van der Waals surface area contributed by atoms with E-state index in [0.717, 1.165) is 33.4 Å². The van der Waals surface area contributed by atoms with Crippen molar-refractivity contribution in [3.05, 3.63) is 70.9 Å². The van der Waals surface area contributed by atoms with Crippen molar-refractivity contribution in [2.75, 3.05) is 66.0 Å². The summed E-state index contributed by atoms with van der Waals surface area (Å²) in [4.78, 5) is 66.0. The molecular weight excluding hydrogens is 793 g/mol. The monoisotopic (exact) mass is 852 g/mol. The topological polar surface area (TPSA) is 189 Å². The minimum atomic E-state index is -2.32. The van der Waals surface area contributed by atoms with Crippen LogP contribution >= 0.6 is 0 Å². The van der Waals surface area contributed by atoms with E-state index in [-0.39, 0.29) is 12.0 Å². The normalized spacial score (nSPS) is 35.6. The first kappa shape index (κ1) is 42.2. The van der Waals surface area contributed by atoms with Gasteiger partial charge >= 0.3 is 23.9 Å². The molecule has 10 atom stereocenters. The fraction of sp³-hybridized carbons (Fsp3) is 0.574. The van der Waals surface area contributed by atoms with Gasteiger partial charge in [0.15, 0.2) is 6.10 Å². The van der Waals surface area contributed by atoms with Crippen molar-refractivity contribution < 1.29 is 43.2 Å². The molecule has 62 heavy (non-hydrogen) atoms. The number of ether oxygens (including phenoxy) is 4. The Hall–Kier alpha value is -5.12. The first-order valence-corrected chi connectivity index (χ1v) is 22.0. The van der Waals surface area contributed by atoms with Gasteiger partial charge in [0.25, 0.3) is 0 Å². The number of hydrogen-bond acceptors (Lipinski definition) is 12. The van der Waals surface area contributed by atoms with Crippen molar-refractivity contribution in [2.24, 2.45) is 17.1 Å². The van der Waals surface area contributed by atoms with E-state index in [9.17, 15) is 19.5 Å². The maximum Gasteiger partial charge on any atom is 0.344 e. The molecule has 1 spiro atoms. The fourth-order valence-electron chi connectivity index (χ4n) is 14.0. The molecule has 1 aliphatic carbocycles. The van der Waals surface area contributed by atoms with Gasteiger partial charge in [-0.15, -0.1) is 0 Å². The number of nitrogens with two attached hydrogens (primary N) is 1. The number of nitrogens with one attached hydrogen (secondary N) is 2. The van der Waals surface area contributed by atoms with E-state index in [1.165, 1.54) is 21.1 Å². The summed E-state index contributed by atoms with van der Waals surface area (Å²) in [5.74, 6) is -1.66. The number of likely N-dealkylation sites (N-methyl/N-ethyl adjacent to an activating group) is 1. The third-order valence-electron chi connectivity index (χ3n) is 16.0. The molecule has 15 nitrogen and oxygen atoms in total. The summed E-state index contributed by atoms with van der Waals surface area (Å²) in [7, 11) is 6.11. The van der Waals surface area contributed by atoms with E-state index in [1.807, 2.05) is 55.3 Å². The van der Waals surface area contributed by atoms with Crippen molar-refractivity contribution in [3.63, 3.8) is 0 Å². The molecule has 332 valence electrons. The van der Waals surface area contributed by atoms with Crippen molar-refractivity contribution in [3.8, 4) is 5.75 Å². The molecule has 2 aromatic carbocycles. The molecule has 2 amide bonds. The number of esters is 3. The molecule has 0 radical (unpaired) electrons. The van der Waals surface area contributed by atoms with Gasteiger partial charge in [0.05, 0.1) is 32.9 Å². The Balaban J connectivity index is 1.35. The number of rotatable bonds is 8. The van der Waals surface area contributed by atoms with E-state index < -0.39 is 63.5 Å². The molecule has 5 N–H and O–H groups in total. The van der Waals surface area contributed by atoms with Crippen LogP contribution in [-0.4, -0.2) is 134 Å². The number of primary amides is 1. The molecule has 6 heterocycles. The number of benzene rings is 2. The number of hydrogen-bond donors (Lipinski definition) is 4. The number of fused-ring (bicyclic) bond motifs is 6. The number of aliphatic hydroxyl groups is 1. The third kappa shape index (κ3) is 5.52. The summed E-state index contributed by atoms with van der Waals surface area (Å²) in [6.07, 6.45) is 5.93. The van der Waals surface area contributed by atoms with Crippen LogP contribution in [0, 0.1) is 11.3 Å². The standard InChI is InChI=1S/C47H60N6O9/c1-8-43(50-42(48)57)23-28-24-46(40(55)60-6,36-30(15-19-52(25-28)26-43)29-13-10-11-14-33(29)49-36)32-21-31-34(22-35(32)59-5)51(4)38-45(31)17-20-53-18-12-16-44(9-2,37(45)53)39(62-27(3)54)47(38,58)41(56)61-7/h10-14,16,21-22,28,37-39,49,58H,8-9,15,17-20,23-26H2,1-7H3,(H3,48,50,57)/t28-,37+,38-,39-,43+,44-,45-,46+,47+/m1/s1. The molecule has 5 aliphatic heterocycles. The summed E-state index contributed by atoms with van der Waals surface area (Å²) >= 11 is 0.